The van der Waals surface area contributed by atoms with Crippen LogP contribution in [-0.2, 0) is 14.8 Å². The second-order valence-corrected chi connectivity index (χ2v) is 9.56. The van der Waals surface area contributed by atoms with Gasteiger partial charge in [-0.25, -0.2) is 8.42 Å². The number of imide groups is 1. The number of carbonyl (C=O) groups excluding carboxylic acids is 4. The Bertz CT molecular complexity index is 1250. The number of nitrogens with one attached hydrogen (secondary N) is 1. The number of fused-ring (bicyclic) bond motifs is 2. The third-order valence-corrected chi connectivity index (χ3v) is 7.84. The SMILES string of the molecule is O=C1Nc2ccc(S(=O)(=O)N3CCC[C@H]3CN3C(=O)c4ccccc4C3=O)cc2C1=O. The van der Waals surface area contributed by atoms with Gasteiger partial charge in [0.05, 0.1) is 27.3 Å². The number of ketones is 1. The Labute approximate surface area is 177 Å². The number of Topliss-reactive ketones (excluding diaryl/α,β-unsaturated/α-hetero) is 1. The summed E-state index contributed by atoms with van der Waals surface area (Å²) in [5.41, 5.74) is 0.920. The smallest absolute Gasteiger partial charge is 0.296 e. The Kier molecular flexibility index (Phi) is 4.31. The Morgan fingerprint density at radius 2 is 1.61 bits per heavy atom. The lowest BCUT2D eigenvalue weighted by Crippen LogP contribution is -2.45. The van der Waals surface area contributed by atoms with Gasteiger partial charge in [-0.2, -0.15) is 4.31 Å². The van der Waals surface area contributed by atoms with Crippen LogP contribution in [0.1, 0.15) is 43.9 Å². The van der Waals surface area contributed by atoms with Crippen LogP contribution in [0, 0.1) is 0 Å². The molecule has 3 aliphatic rings. The Hall–Kier alpha value is -3.37. The highest BCUT2D eigenvalue weighted by Gasteiger charge is 2.42. The van der Waals surface area contributed by atoms with E-state index in [1.807, 2.05) is 0 Å². The second-order valence-electron chi connectivity index (χ2n) is 7.67. The van der Waals surface area contributed by atoms with Gasteiger partial charge in [0.25, 0.3) is 23.5 Å². The van der Waals surface area contributed by atoms with Crippen molar-refractivity contribution >= 4 is 39.2 Å². The standard InChI is InChI=1S/C21H17N3O6S/c25-18-16-10-13(7-8-17(16)22-19(18)26)31(29,30)24-9-3-4-12(24)11-23-20(27)14-5-1-2-6-15(14)21(23)28/h1-2,5-8,10,12H,3-4,9,11H2,(H,22,25,26)/t12-/m0/s1. The van der Waals surface area contributed by atoms with E-state index in [2.05, 4.69) is 5.32 Å². The molecule has 3 heterocycles. The molecule has 0 saturated carbocycles. The monoisotopic (exact) mass is 439 g/mol. The molecule has 31 heavy (non-hydrogen) atoms. The molecule has 10 heteroatoms. The topological polar surface area (TPSA) is 121 Å². The lowest BCUT2D eigenvalue weighted by atomic mass is 10.1. The number of benzene rings is 2. The molecule has 2 aromatic rings. The van der Waals surface area contributed by atoms with Crippen molar-refractivity contribution in [1.82, 2.24) is 9.21 Å². The van der Waals surface area contributed by atoms with Crippen molar-refractivity contribution in [1.29, 1.82) is 0 Å². The molecule has 0 aromatic heterocycles. The average Bonchev–Trinajstić information content (AvgIpc) is 3.41. The highest BCUT2D eigenvalue weighted by molar-refractivity contribution is 7.89. The summed E-state index contributed by atoms with van der Waals surface area (Å²) in [7, 11) is -4.00. The number of carbonyl (C=O) groups is 4. The van der Waals surface area contributed by atoms with Gasteiger partial charge in [0.1, 0.15) is 0 Å². The van der Waals surface area contributed by atoms with Crippen LogP contribution in [0.5, 0.6) is 0 Å². The van der Waals surface area contributed by atoms with Crippen LogP contribution < -0.4 is 5.32 Å². The summed E-state index contributed by atoms with van der Waals surface area (Å²) in [4.78, 5) is 49.9. The minimum atomic E-state index is -4.00. The van der Waals surface area contributed by atoms with Crippen LogP contribution in [0.15, 0.2) is 47.4 Å². The van der Waals surface area contributed by atoms with Crippen LogP contribution >= 0.6 is 0 Å². The molecule has 0 aliphatic carbocycles. The molecular weight excluding hydrogens is 422 g/mol. The Balaban J connectivity index is 1.42. The third kappa shape index (κ3) is 2.90. The molecule has 3 aliphatic heterocycles. The molecule has 5 rings (SSSR count). The van der Waals surface area contributed by atoms with Crippen LogP contribution in [0.3, 0.4) is 0 Å². The summed E-state index contributed by atoms with van der Waals surface area (Å²) in [5.74, 6) is -2.44. The second kappa shape index (κ2) is 6.82. The van der Waals surface area contributed by atoms with Crippen molar-refractivity contribution in [2.45, 2.75) is 23.8 Å². The van der Waals surface area contributed by atoms with E-state index in [0.29, 0.717) is 24.0 Å². The number of rotatable bonds is 4. The first-order chi connectivity index (χ1) is 14.8. The fraction of sp³-hybridized carbons (Fsp3) is 0.238. The fourth-order valence-corrected chi connectivity index (χ4v) is 6.05. The van der Waals surface area contributed by atoms with E-state index in [4.69, 9.17) is 0 Å². The number of anilines is 1. The molecule has 3 amide bonds. The van der Waals surface area contributed by atoms with Crippen molar-refractivity contribution in [3.63, 3.8) is 0 Å². The summed E-state index contributed by atoms with van der Waals surface area (Å²) in [6.45, 7) is 0.188. The van der Waals surface area contributed by atoms with Gasteiger partial charge < -0.3 is 5.32 Å². The van der Waals surface area contributed by atoms with Gasteiger partial charge in [-0.3, -0.25) is 24.1 Å². The number of hydrogen-bond donors (Lipinski definition) is 1. The lowest BCUT2D eigenvalue weighted by Gasteiger charge is -2.27. The van der Waals surface area contributed by atoms with Crippen LogP contribution in [-0.4, -0.2) is 60.3 Å². The molecule has 0 radical (unpaired) electrons. The fourth-order valence-electron chi connectivity index (χ4n) is 4.34. The first-order valence-electron chi connectivity index (χ1n) is 9.76. The van der Waals surface area contributed by atoms with Crippen molar-refractivity contribution in [3.05, 3.63) is 59.2 Å². The zero-order valence-corrected chi connectivity index (χ0v) is 17.0. The summed E-state index contributed by atoms with van der Waals surface area (Å²) < 4.78 is 27.9. The molecule has 2 aromatic carbocycles. The maximum atomic E-state index is 13.3. The summed E-state index contributed by atoms with van der Waals surface area (Å²) in [6.07, 6.45) is 1.08. The summed E-state index contributed by atoms with van der Waals surface area (Å²) in [6, 6.07) is 9.86. The average molecular weight is 439 g/mol. The van der Waals surface area contributed by atoms with E-state index >= 15 is 0 Å². The van der Waals surface area contributed by atoms with Gasteiger partial charge in [0.2, 0.25) is 10.0 Å². The van der Waals surface area contributed by atoms with Crippen LogP contribution in [0.25, 0.3) is 0 Å². The van der Waals surface area contributed by atoms with Crippen molar-refractivity contribution in [3.8, 4) is 0 Å². The third-order valence-electron chi connectivity index (χ3n) is 5.89. The molecule has 0 spiro atoms. The molecule has 1 N–H and O–H groups in total. The minimum Gasteiger partial charge on any atom is -0.318 e. The van der Waals surface area contributed by atoms with E-state index in [1.54, 1.807) is 24.3 Å². The van der Waals surface area contributed by atoms with Crippen LogP contribution in [0.2, 0.25) is 0 Å². The molecule has 0 unspecified atom stereocenters. The van der Waals surface area contributed by atoms with E-state index in [-0.39, 0.29) is 29.2 Å². The van der Waals surface area contributed by atoms with Crippen molar-refractivity contribution < 1.29 is 27.6 Å². The zero-order valence-electron chi connectivity index (χ0n) is 16.2. The van der Waals surface area contributed by atoms with Gasteiger partial charge in [-0.05, 0) is 43.2 Å². The largest absolute Gasteiger partial charge is 0.318 e. The highest BCUT2D eigenvalue weighted by atomic mass is 32.2. The molecule has 1 saturated heterocycles. The van der Waals surface area contributed by atoms with Gasteiger partial charge in [0.15, 0.2) is 0 Å². The number of amides is 3. The molecule has 0 bridgehead atoms. The molecule has 1 atom stereocenters. The van der Waals surface area contributed by atoms with Gasteiger partial charge in [-0.15, -0.1) is 0 Å². The summed E-state index contributed by atoms with van der Waals surface area (Å²) in [5, 5.41) is 2.39. The molecule has 158 valence electrons. The van der Waals surface area contributed by atoms with Gasteiger partial charge in [0, 0.05) is 19.1 Å². The first kappa shape index (κ1) is 19.6. The minimum absolute atomic E-state index is 0.0159. The lowest BCUT2D eigenvalue weighted by molar-refractivity contribution is -0.112. The van der Waals surface area contributed by atoms with Crippen LogP contribution in [0.4, 0.5) is 5.69 Å². The van der Waals surface area contributed by atoms with Gasteiger partial charge in [-0.1, -0.05) is 12.1 Å². The highest BCUT2D eigenvalue weighted by Crippen LogP contribution is 2.32. The Morgan fingerprint density at radius 3 is 2.29 bits per heavy atom. The molecular formula is C21H17N3O6S. The van der Waals surface area contributed by atoms with Gasteiger partial charge >= 0.3 is 0 Å². The normalized spacial score (nSPS) is 20.9. The number of sulfonamides is 1. The Morgan fingerprint density at radius 1 is 0.935 bits per heavy atom. The number of hydrogen-bond acceptors (Lipinski definition) is 6. The number of nitrogens with zero attached hydrogens (tertiary/aromatic N) is 2. The predicted octanol–water partition coefficient (Wildman–Crippen LogP) is 1.27. The van der Waals surface area contributed by atoms with E-state index < -0.39 is 39.6 Å². The van der Waals surface area contributed by atoms with Crippen molar-refractivity contribution in [2.24, 2.45) is 0 Å². The first-order valence-corrected chi connectivity index (χ1v) is 11.2. The molecule has 9 nitrogen and oxygen atoms in total. The quantitative estimate of drug-likeness (QED) is 0.566. The predicted molar refractivity (Wildman–Crippen MR) is 108 cm³/mol. The zero-order chi connectivity index (χ0) is 21.9. The summed E-state index contributed by atoms with van der Waals surface area (Å²) >= 11 is 0. The molecule has 1 fully saturated rings. The van der Waals surface area contributed by atoms with E-state index in [1.165, 1.54) is 22.5 Å². The van der Waals surface area contributed by atoms with Crippen molar-refractivity contribution in [2.75, 3.05) is 18.4 Å². The maximum Gasteiger partial charge on any atom is 0.296 e. The maximum absolute atomic E-state index is 13.3. The van der Waals surface area contributed by atoms with E-state index in [0.717, 1.165) is 4.90 Å². The van der Waals surface area contributed by atoms with E-state index in [9.17, 15) is 27.6 Å².